The number of fused-ring (bicyclic) bond motifs is 1. The molecule has 2 N–H and O–H groups in total. The molecule has 0 aliphatic heterocycles. The van der Waals surface area contributed by atoms with E-state index in [0.29, 0.717) is 5.69 Å². The fourth-order valence-electron chi connectivity index (χ4n) is 2.58. The molecular formula is C18H14N4O2S. The minimum Gasteiger partial charge on any atom is -0.276 e. The van der Waals surface area contributed by atoms with Crippen LogP contribution in [0.3, 0.4) is 0 Å². The summed E-state index contributed by atoms with van der Waals surface area (Å²) < 4.78 is 27.7. The first-order chi connectivity index (χ1) is 12.1. The molecule has 0 aliphatic rings. The number of benzene rings is 2. The predicted octanol–water partition coefficient (Wildman–Crippen LogP) is 3.43. The number of sulfonamides is 1. The van der Waals surface area contributed by atoms with Gasteiger partial charge in [0.05, 0.1) is 10.6 Å². The molecule has 0 bridgehead atoms. The zero-order valence-corrected chi connectivity index (χ0v) is 13.9. The van der Waals surface area contributed by atoms with Crippen molar-refractivity contribution >= 4 is 26.6 Å². The molecule has 4 aromatic rings. The lowest BCUT2D eigenvalue weighted by molar-refractivity contribution is 0.601. The number of H-pyrrole nitrogens is 1. The Morgan fingerprint density at radius 3 is 2.56 bits per heavy atom. The average Bonchev–Trinajstić information content (AvgIpc) is 3.10. The monoisotopic (exact) mass is 350 g/mol. The Balaban J connectivity index is 1.64. The normalized spacial score (nSPS) is 11.5. The number of pyridine rings is 1. The van der Waals surface area contributed by atoms with E-state index in [1.54, 1.807) is 42.7 Å². The number of aromatic nitrogens is 3. The SMILES string of the molecule is O=S(=O)(Nc1cc(-c2cccnc2)[nH]n1)c1ccc2ccccc2c1. The molecule has 0 atom stereocenters. The van der Waals surface area contributed by atoms with Gasteiger partial charge in [0.2, 0.25) is 0 Å². The molecule has 7 heteroatoms. The summed E-state index contributed by atoms with van der Waals surface area (Å²) in [5, 5.41) is 8.68. The fraction of sp³-hybridized carbons (Fsp3) is 0. The molecule has 2 aromatic carbocycles. The molecule has 0 spiro atoms. The maximum atomic E-state index is 12.6. The van der Waals surface area contributed by atoms with Gasteiger partial charge in [0, 0.05) is 24.0 Å². The van der Waals surface area contributed by atoms with Crippen molar-refractivity contribution in [2.24, 2.45) is 0 Å². The lowest BCUT2D eigenvalue weighted by atomic mass is 10.1. The zero-order chi connectivity index (χ0) is 17.3. The Morgan fingerprint density at radius 2 is 1.76 bits per heavy atom. The van der Waals surface area contributed by atoms with Crippen molar-refractivity contribution < 1.29 is 8.42 Å². The summed E-state index contributed by atoms with van der Waals surface area (Å²) in [6.07, 6.45) is 3.35. The lowest BCUT2D eigenvalue weighted by Gasteiger charge is -2.06. The first-order valence-corrected chi connectivity index (χ1v) is 9.08. The molecular weight excluding hydrogens is 336 g/mol. The summed E-state index contributed by atoms with van der Waals surface area (Å²) in [7, 11) is -3.72. The predicted molar refractivity (Wildman–Crippen MR) is 96.6 cm³/mol. The Bertz CT molecular complexity index is 1140. The highest BCUT2D eigenvalue weighted by Crippen LogP contribution is 2.23. The summed E-state index contributed by atoms with van der Waals surface area (Å²) in [5.74, 6) is 0.229. The Labute approximate surface area is 144 Å². The van der Waals surface area contributed by atoms with Gasteiger partial charge in [-0.05, 0) is 35.0 Å². The van der Waals surface area contributed by atoms with E-state index in [9.17, 15) is 8.42 Å². The third-order valence-corrected chi connectivity index (χ3v) is 5.17. The van der Waals surface area contributed by atoms with E-state index in [2.05, 4.69) is 19.9 Å². The summed E-state index contributed by atoms with van der Waals surface area (Å²) in [5.41, 5.74) is 1.51. The number of aromatic amines is 1. The molecule has 0 radical (unpaired) electrons. The molecule has 124 valence electrons. The molecule has 2 heterocycles. The van der Waals surface area contributed by atoms with Crippen LogP contribution in [-0.4, -0.2) is 23.6 Å². The molecule has 0 saturated carbocycles. The minimum atomic E-state index is -3.72. The third kappa shape index (κ3) is 3.09. The summed E-state index contributed by atoms with van der Waals surface area (Å²) >= 11 is 0. The van der Waals surface area contributed by atoms with Crippen molar-refractivity contribution in [1.29, 1.82) is 0 Å². The number of nitrogens with one attached hydrogen (secondary N) is 2. The zero-order valence-electron chi connectivity index (χ0n) is 13.0. The third-order valence-electron chi connectivity index (χ3n) is 3.82. The van der Waals surface area contributed by atoms with E-state index in [1.165, 1.54) is 0 Å². The van der Waals surface area contributed by atoms with Gasteiger partial charge < -0.3 is 0 Å². The molecule has 0 unspecified atom stereocenters. The van der Waals surface area contributed by atoms with Crippen molar-refractivity contribution in [3.05, 3.63) is 73.1 Å². The molecule has 25 heavy (non-hydrogen) atoms. The van der Waals surface area contributed by atoms with Crippen LogP contribution in [0, 0.1) is 0 Å². The van der Waals surface area contributed by atoms with Crippen LogP contribution < -0.4 is 4.72 Å². The number of hydrogen-bond acceptors (Lipinski definition) is 4. The smallest absolute Gasteiger partial charge is 0.263 e. The summed E-state index contributed by atoms with van der Waals surface area (Å²) in [6, 6.07) is 17.9. The van der Waals surface area contributed by atoms with Crippen LogP contribution in [-0.2, 0) is 10.0 Å². The van der Waals surface area contributed by atoms with Crippen molar-refractivity contribution in [3.63, 3.8) is 0 Å². The number of nitrogens with zero attached hydrogens (tertiary/aromatic N) is 2. The molecule has 2 aromatic heterocycles. The molecule has 0 saturated heterocycles. The first kappa shape index (κ1) is 15.3. The Hall–Kier alpha value is -3.19. The summed E-state index contributed by atoms with van der Waals surface area (Å²) in [6.45, 7) is 0. The van der Waals surface area contributed by atoms with Crippen molar-refractivity contribution in [1.82, 2.24) is 15.2 Å². The Kier molecular flexibility index (Phi) is 3.70. The van der Waals surface area contributed by atoms with Gasteiger partial charge in [-0.2, -0.15) is 5.10 Å². The second-order valence-corrected chi connectivity index (χ2v) is 7.21. The van der Waals surface area contributed by atoms with Crippen molar-refractivity contribution in [2.75, 3.05) is 4.72 Å². The fourth-order valence-corrected chi connectivity index (χ4v) is 3.60. The van der Waals surface area contributed by atoms with Crippen LogP contribution in [0.25, 0.3) is 22.0 Å². The van der Waals surface area contributed by atoms with E-state index in [-0.39, 0.29) is 10.7 Å². The van der Waals surface area contributed by atoms with Crippen molar-refractivity contribution in [3.8, 4) is 11.3 Å². The van der Waals surface area contributed by atoms with Crippen LogP contribution in [0.2, 0.25) is 0 Å². The van der Waals surface area contributed by atoms with E-state index < -0.39 is 10.0 Å². The van der Waals surface area contributed by atoms with Gasteiger partial charge in [-0.1, -0.05) is 30.3 Å². The van der Waals surface area contributed by atoms with E-state index >= 15 is 0 Å². The summed E-state index contributed by atoms with van der Waals surface area (Å²) in [4.78, 5) is 4.23. The van der Waals surface area contributed by atoms with Gasteiger partial charge in [0.25, 0.3) is 10.0 Å². The molecule has 0 amide bonds. The molecule has 0 aliphatic carbocycles. The lowest BCUT2D eigenvalue weighted by Crippen LogP contribution is -2.13. The standard InChI is InChI=1S/C18H14N4O2S/c23-25(24,16-8-7-13-4-1-2-5-14(13)10-16)22-18-11-17(20-21-18)15-6-3-9-19-12-15/h1-12H,(H2,20,21,22). The first-order valence-electron chi connectivity index (χ1n) is 7.59. The van der Waals surface area contributed by atoms with E-state index in [1.807, 2.05) is 30.3 Å². The molecule has 4 rings (SSSR count). The van der Waals surface area contributed by atoms with Gasteiger partial charge in [-0.15, -0.1) is 0 Å². The van der Waals surface area contributed by atoms with E-state index in [0.717, 1.165) is 16.3 Å². The number of anilines is 1. The van der Waals surface area contributed by atoms with Crippen LogP contribution in [0.5, 0.6) is 0 Å². The van der Waals surface area contributed by atoms with Gasteiger partial charge in [0.1, 0.15) is 0 Å². The van der Waals surface area contributed by atoms with Crippen LogP contribution in [0.15, 0.2) is 78.0 Å². The molecule has 6 nitrogen and oxygen atoms in total. The Morgan fingerprint density at radius 1 is 0.920 bits per heavy atom. The minimum absolute atomic E-state index is 0.192. The van der Waals surface area contributed by atoms with Gasteiger partial charge in [0.15, 0.2) is 5.82 Å². The second kappa shape index (κ2) is 6.03. The maximum Gasteiger partial charge on any atom is 0.263 e. The van der Waals surface area contributed by atoms with Crippen LogP contribution in [0.1, 0.15) is 0 Å². The van der Waals surface area contributed by atoms with Gasteiger partial charge in [-0.3, -0.25) is 14.8 Å². The topological polar surface area (TPSA) is 87.7 Å². The quantitative estimate of drug-likeness (QED) is 0.590. The highest BCUT2D eigenvalue weighted by molar-refractivity contribution is 7.92. The van der Waals surface area contributed by atoms with Gasteiger partial charge in [-0.25, -0.2) is 8.42 Å². The largest absolute Gasteiger partial charge is 0.276 e. The maximum absolute atomic E-state index is 12.6. The van der Waals surface area contributed by atoms with Crippen LogP contribution in [0.4, 0.5) is 5.82 Å². The van der Waals surface area contributed by atoms with Crippen molar-refractivity contribution in [2.45, 2.75) is 4.90 Å². The number of hydrogen-bond donors (Lipinski definition) is 2. The average molecular weight is 350 g/mol. The highest BCUT2D eigenvalue weighted by Gasteiger charge is 2.16. The van der Waals surface area contributed by atoms with Gasteiger partial charge >= 0.3 is 0 Å². The van der Waals surface area contributed by atoms with E-state index in [4.69, 9.17) is 0 Å². The highest BCUT2D eigenvalue weighted by atomic mass is 32.2. The molecule has 0 fully saturated rings. The van der Waals surface area contributed by atoms with Crippen LogP contribution >= 0.6 is 0 Å². The second-order valence-electron chi connectivity index (χ2n) is 5.52. The number of rotatable bonds is 4.